The normalized spacial score (nSPS) is 20.5. The number of amides is 1. The van der Waals surface area contributed by atoms with E-state index in [4.69, 9.17) is 4.74 Å². The Labute approximate surface area is 192 Å². The van der Waals surface area contributed by atoms with Crippen LogP contribution in [0, 0.1) is 0 Å². The highest BCUT2D eigenvalue weighted by Gasteiger charge is 2.28. The molecule has 1 aromatic carbocycles. The zero-order chi connectivity index (χ0) is 22.6. The van der Waals surface area contributed by atoms with Crippen LogP contribution in [-0.2, 0) is 26.1 Å². The van der Waals surface area contributed by atoms with Gasteiger partial charge < -0.3 is 10.1 Å². The first-order valence-corrected chi connectivity index (χ1v) is 13.0. The number of rotatable bonds is 7. The quantitative estimate of drug-likeness (QED) is 0.607. The summed E-state index contributed by atoms with van der Waals surface area (Å²) in [7, 11) is -3.63. The lowest BCUT2D eigenvalue weighted by atomic mass is 10.2. The Bertz CT molecular complexity index is 1080. The fraction of sp³-hybridized carbons (Fsp3) is 0.476. The smallest absolute Gasteiger partial charge is 0.243 e. The molecule has 1 amide bonds. The molecule has 0 saturated carbocycles. The predicted molar refractivity (Wildman–Crippen MR) is 122 cm³/mol. The van der Waals surface area contributed by atoms with Crippen molar-refractivity contribution in [1.29, 1.82) is 0 Å². The van der Waals surface area contributed by atoms with E-state index in [9.17, 15) is 13.2 Å². The third-order valence-corrected chi connectivity index (χ3v) is 8.60. The summed E-state index contributed by atoms with van der Waals surface area (Å²) in [6.07, 6.45) is 4.45. The molecule has 9 nitrogen and oxygen atoms in total. The first-order valence-electron chi connectivity index (χ1n) is 10.7. The molecule has 1 N–H and O–H groups in total. The van der Waals surface area contributed by atoms with E-state index in [1.165, 1.54) is 16.1 Å². The number of thioether (sulfide) groups is 1. The molecule has 2 aliphatic rings. The van der Waals surface area contributed by atoms with E-state index in [0.717, 1.165) is 19.3 Å². The average molecular weight is 478 g/mol. The van der Waals surface area contributed by atoms with Gasteiger partial charge in [-0.3, -0.25) is 9.36 Å². The van der Waals surface area contributed by atoms with Crippen molar-refractivity contribution in [2.75, 3.05) is 32.8 Å². The van der Waals surface area contributed by atoms with Gasteiger partial charge in [-0.1, -0.05) is 36.4 Å². The molecule has 1 atom stereocenters. The molecular weight excluding hydrogens is 450 g/mol. The predicted octanol–water partition coefficient (Wildman–Crippen LogP) is 1.91. The monoisotopic (exact) mass is 477 g/mol. The zero-order valence-corrected chi connectivity index (χ0v) is 19.4. The standard InChI is InChI=1S/C21H27N5O4S2/c1-2-10-26-19(23-24-21(26)31-18-8-3-4-9-22-20(18)27)16-6-5-7-17(15-16)32(28,29)25-11-13-30-14-12-25/h2,5-7,15,18H,1,3-4,8-14H2,(H,22,27). The highest BCUT2D eigenvalue weighted by molar-refractivity contribution is 8.00. The second-order valence-electron chi connectivity index (χ2n) is 7.64. The maximum atomic E-state index is 13.1. The number of benzene rings is 1. The summed E-state index contributed by atoms with van der Waals surface area (Å²) in [5.41, 5.74) is 0.644. The summed E-state index contributed by atoms with van der Waals surface area (Å²) in [6, 6.07) is 6.74. The molecule has 1 unspecified atom stereocenters. The lowest BCUT2D eigenvalue weighted by molar-refractivity contribution is -0.120. The van der Waals surface area contributed by atoms with E-state index >= 15 is 0 Å². The van der Waals surface area contributed by atoms with Crippen molar-refractivity contribution in [2.24, 2.45) is 0 Å². The molecule has 11 heteroatoms. The Morgan fingerprint density at radius 2 is 2.06 bits per heavy atom. The fourth-order valence-electron chi connectivity index (χ4n) is 3.77. The molecule has 0 aliphatic carbocycles. The van der Waals surface area contributed by atoms with Crippen molar-refractivity contribution in [3.63, 3.8) is 0 Å². The van der Waals surface area contributed by atoms with Crippen LogP contribution in [0.4, 0.5) is 0 Å². The van der Waals surface area contributed by atoms with Crippen LogP contribution in [0.5, 0.6) is 0 Å². The van der Waals surface area contributed by atoms with Crippen LogP contribution in [0.1, 0.15) is 19.3 Å². The lowest BCUT2D eigenvalue weighted by Gasteiger charge is -2.26. The number of sulfonamides is 1. The van der Waals surface area contributed by atoms with Crippen LogP contribution < -0.4 is 5.32 Å². The Hall–Kier alpha value is -2.21. The van der Waals surface area contributed by atoms with E-state index in [0.29, 0.717) is 55.9 Å². The van der Waals surface area contributed by atoms with Crippen LogP contribution in [0.15, 0.2) is 47.0 Å². The number of carbonyl (C=O) groups excluding carboxylic acids is 1. The number of carbonyl (C=O) groups is 1. The molecule has 0 spiro atoms. The summed E-state index contributed by atoms with van der Waals surface area (Å²) < 4.78 is 34.8. The summed E-state index contributed by atoms with van der Waals surface area (Å²) in [6.45, 7) is 6.43. The van der Waals surface area contributed by atoms with Crippen LogP contribution in [0.2, 0.25) is 0 Å². The van der Waals surface area contributed by atoms with Gasteiger partial charge in [0.15, 0.2) is 11.0 Å². The Balaban J connectivity index is 1.64. The van der Waals surface area contributed by atoms with Crippen molar-refractivity contribution in [3.8, 4) is 11.4 Å². The summed E-state index contributed by atoms with van der Waals surface area (Å²) in [5, 5.41) is 12.0. The van der Waals surface area contributed by atoms with E-state index < -0.39 is 10.0 Å². The highest BCUT2D eigenvalue weighted by Crippen LogP contribution is 2.31. The van der Waals surface area contributed by atoms with Gasteiger partial charge in [-0.2, -0.15) is 4.31 Å². The van der Waals surface area contributed by atoms with Gasteiger partial charge in [0.25, 0.3) is 0 Å². The molecule has 2 aliphatic heterocycles. The SMILES string of the molecule is C=CCn1c(SC2CCCCNC2=O)nnc1-c1cccc(S(=O)(=O)N2CCOCC2)c1. The van der Waals surface area contributed by atoms with Crippen molar-refractivity contribution >= 4 is 27.7 Å². The largest absolute Gasteiger partial charge is 0.379 e. The van der Waals surface area contributed by atoms with Crippen LogP contribution in [0.25, 0.3) is 11.4 Å². The van der Waals surface area contributed by atoms with Crippen molar-refractivity contribution in [1.82, 2.24) is 24.4 Å². The second kappa shape index (κ2) is 10.2. The molecule has 172 valence electrons. The van der Waals surface area contributed by atoms with E-state index in [2.05, 4.69) is 22.1 Å². The third kappa shape index (κ3) is 4.90. The molecular formula is C21H27N5O4S2. The number of hydrogen-bond acceptors (Lipinski definition) is 7. The van der Waals surface area contributed by atoms with Crippen LogP contribution in [0.3, 0.4) is 0 Å². The van der Waals surface area contributed by atoms with E-state index in [-0.39, 0.29) is 16.1 Å². The lowest BCUT2D eigenvalue weighted by Crippen LogP contribution is -2.40. The van der Waals surface area contributed by atoms with Crippen molar-refractivity contribution < 1.29 is 17.9 Å². The molecule has 0 radical (unpaired) electrons. The molecule has 2 saturated heterocycles. The molecule has 2 fully saturated rings. The molecule has 4 rings (SSSR count). The highest BCUT2D eigenvalue weighted by atomic mass is 32.2. The van der Waals surface area contributed by atoms with Gasteiger partial charge in [-0.25, -0.2) is 8.42 Å². The first-order chi connectivity index (χ1) is 15.5. The molecule has 2 aromatic rings. The van der Waals surface area contributed by atoms with Gasteiger partial charge in [-0.15, -0.1) is 16.8 Å². The Morgan fingerprint density at radius 3 is 2.84 bits per heavy atom. The molecule has 3 heterocycles. The molecule has 1 aromatic heterocycles. The van der Waals surface area contributed by atoms with Crippen LogP contribution in [-0.4, -0.2) is 71.5 Å². The summed E-state index contributed by atoms with van der Waals surface area (Å²) in [5.74, 6) is 0.557. The van der Waals surface area contributed by atoms with Gasteiger partial charge >= 0.3 is 0 Å². The number of nitrogens with one attached hydrogen (secondary N) is 1. The second-order valence-corrected chi connectivity index (χ2v) is 10.8. The average Bonchev–Trinajstić information content (AvgIpc) is 3.09. The number of morpholine rings is 1. The van der Waals surface area contributed by atoms with E-state index in [1.54, 1.807) is 24.3 Å². The van der Waals surface area contributed by atoms with Gasteiger partial charge in [0.2, 0.25) is 15.9 Å². The van der Waals surface area contributed by atoms with Gasteiger partial charge in [0, 0.05) is 31.7 Å². The Morgan fingerprint density at radius 1 is 1.25 bits per heavy atom. The van der Waals surface area contributed by atoms with Crippen molar-refractivity contribution in [3.05, 3.63) is 36.9 Å². The Kier molecular flexibility index (Phi) is 7.29. The minimum absolute atomic E-state index is 0.0146. The van der Waals surface area contributed by atoms with Crippen LogP contribution >= 0.6 is 11.8 Å². The van der Waals surface area contributed by atoms with Gasteiger partial charge in [0.05, 0.1) is 23.4 Å². The molecule has 32 heavy (non-hydrogen) atoms. The zero-order valence-electron chi connectivity index (χ0n) is 17.8. The third-order valence-electron chi connectivity index (χ3n) is 5.46. The topological polar surface area (TPSA) is 106 Å². The summed E-state index contributed by atoms with van der Waals surface area (Å²) in [4.78, 5) is 12.6. The maximum Gasteiger partial charge on any atom is 0.243 e. The number of ether oxygens (including phenoxy) is 1. The molecule has 0 bridgehead atoms. The number of hydrogen-bond donors (Lipinski definition) is 1. The minimum Gasteiger partial charge on any atom is -0.379 e. The minimum atomic E-state index is -3.63. The van der Waals surface area contributed by atoms with Crippen molar-refractivity contribution in [2.45, 2.75) is 41.1 Å². The first kappa shape index (κ1) is 23.0. The summed E-state index contributed by atoms with van der Waals surface area (Å²) >= 11 is 1.39. The number of allylic oxidation sites excluding steroid dienone is 1. The number of nitrogens with zero attached hydrogens (tertiary/aromatic N) is 4. The fourth-order valence-corrected chi connectivity index (χ4v) is 6.33. The van der Waals surface area contributed by atoms with Gasteiger partial charge in [0.1, 0.15) is 0 Å². The van der Waals surface area contributed by atoms with E-state index in [1.807, 2.05) is 10.6 Å². The maximum absolute atomic E-state index is 13.1. The number of aromatic nitrogens is 3. The van der Waals surface area contributed by atoms with Gasteiger partial charge in [-0.05, 0) is 25.0 Å².